The summed E-state index contributed by atoms with van der Waals surface area (Å²) < 4.78 is 0. The number of aliphatic imine (C=N–C) groups is 1. The summed E-state index contributed by atoms with van der Waals surface area (Å²) >= 11 is 1.78. The second-order valence-corrected chi connectivity index (χ2v) is 7.58. The molecule has 0 saturated carbocycles. The van der Waals surface area contributed by atoms with E-state index in [1.807, 2.05) is 7.05 Å². The summed E-state index contributed by atoms with van der Waals surface area (Å²) in [4.78, 5) is 8.27. The first-order valence-corrected chi connectivity index (χ1v) is 9.24. The Morgan fingerprint density at radius 3 is 2.91 bits per heavy atom. The van der Waals surface area contributed by atoms with E-state index < -0.39 is 0 Å². The van der Waals surface area contributed by atoms with E-state index in [4.69, 9.17) is 0 Å². The van der Waals surface area contributed by atoms with Crippen molar-refractivity contribution in [1.29, 1.82) is 0 Å². The van der Waals surface area contributed by atoms with E-state index in [0.29, 0.717) is 0 Å². The molecule has 0 radical (unpaired) electrons. The number of hydrogen-bond donors (Lipinski definition) is 2. The maximum Gasteiger partial charge on any atom is 0.191 e. The van der Waals surface area contributed by atoms with Crippen molar-refractivity contribution in [2.75, 3.05) is 33.2 Å². The van der Waals surface area contributed by atoms with E-state index in [0.717, 1.165) is 30.9 Å². The van der Waals surface area contributed by atoms with Crippen molar-refractivity contribution >= 4 is 41.3 Å². The van der Waals surface area contributed by atoms with Crippen LogP contribution in [-0.4, -0.2) is 44.1 Å². The number of nitrogens with one attached hydrogen (secondary N) is 2. The van der Waals surface area contributed by atoms with E-state index in [2.05, 4.69) is 51.9 Å². The molecule has 1 saturated heterocycles. The van der Waals surface area contributed by atoms with Gasteiger partial charge in [0.2, 0.25) is 0 Å². The van der Waals surface area contributed by atoms with Gasteiger partial charge in [-0.3, -0.25) is 4.99 Å². The van der Waals surface area contributed by atoms with Gasteiger partial charge in [-0.2, -0.15) is 0 Å². The number of rotatable bonds is 6. The fourth-order valence-corrected chi connectivity index (χ4v) is 3.69. The highest BCUT2D eigenvalue weighted by Gasteiger charge is 2.20. The summed E-state index contributed by atoms with van der Waals surface area (Å²) in [6, 6.07) is 4.24. The van der Waals surface area contributed by atoms with Gasteiger partial charge >= 0.3 is 0 Å². The lowest BCUT2D eigenvalue weighted by Crippen LogP contribution is -2.44. The lowest BCUT2D eigenvalue weighted by atomic mass is 9.97. The summed E-state index contributed by atoms with van der Waals surface area (Å²) in [5.74, 6) is 2.40. The molecular formula is C17H31IN4S. The minimum absolute atomic E-state index is 0. The van der Waals surface area contributed by atoms with Crippen LogP contribution in [0.3, 0.4) is 0 Å². The first-order valence-electron chi connectivity index (χ1n) is 8.36. The molecule has 23 heavy (non-hydrogen) atoms. The predicted octanol–water partition coefficient (Wildman–Crippen LogP) is 3.40. The minimum Gasteiger partial charge on any atom is -0.356 e. The summed E-state index contributed by atoms with van der Waals surface area (Å²) in [5.41, 5.74) is 0. The number of piperidine rings is 1. The Morgan fingerprint density at radius 1 is 1.43 bits per heavy atom. The third kappa shape index (κ3) is 7.85. The van der Waals surface area contributed by atoms with Gasteiger partial charge in [-0.25, -0.2) is 0 Å². The smallest absolute Gasteiger partial charge is 0.191 e. The third-order valence-electron chi connectivity index (χ3n) is 4.02. The zero-order chi connectivity index (χ0) is 15.8. The summed E-state index contributed by atoms with van der Waals surface area (Å²) in [6.07, 6.45) is 2.64. The standard InChI is InChI=1S/C17H30N4S.HI/c1-14(2)12-21-8-4-6-15(13-21)10-19-17(18-3)20-11-16-7-5-9-22-16;/h5,7,9,14-15H,4,6,8,10-13H2,1-3H3,(H2,18,19,20);1H. The van der Waals surface area contributed by atoms with Crippen LogP contribution < -0.4 is 10.6 Å². The zero-order valence-corrected chi connectivity index (χ0v) is 17.7. The molecule has 1 aliphatic rings. The fraction of sp³-hybridized carbons (Fsp3) is 0.706. The van der Waals surface area contributed by atoms with Gasteiger partial charge in [0.25, 0.3) is 0 Å². The summed E-state index contributed by atoms with van der Waals surface area (Å²) in [5, 5.41) is 8.99. The van der Waals surface area contributed by atoms with Crippen LogP contribution in [-0.2, 0) is 6.54 Å². The van der Waals surface area contributed by atoms with E-state index in [9.17, 15) is 0 Å². The van der Waals surface area contributed by atoms with Gasteiger partial charge in [0, 0.05) is 31.6 Å². The van der Waals surface area contributed by atoms with Crippen molar-refractivity contribution in [3.63, 3.8) is 0 Å². The largest absolute Gasteiger partial charge is 0.356 e. The van der Waals surface area contributed by atoms with Crippen molar-refractivity contribution in [2.45, 2.75) is 33.2 Å². The molecule has 1 aromatic heterocycles. The predicted molar refractivity (Wildman–Crippen MR) is 112 cm³/mol. The van der Waals surface area contributed by atoms with Gasteiger partial charge in [0.15, 0.2) is 5.96 Å². The van der Waals surface area contributed by atoms with E-state index in [1.165, 1.54) is 37.4 Å². The first kappa shape index (κ1) is 20.7. The van der Waals surface area contributed by atoms with E-state index >= 15 is 0 Å². The third-order valence-corrected chi connectivity index (χ3v) is 4.89. The lowest BCUT2D eigenvalue weighted by Gasteiger charge is -2.34. The molecule has 6 heteroatoms. The Kier molecular flexibility index (Phi) is 10.1. The molecule has 132 valence electrons. The highest BCUT2D eigenvalue weighted by molar-refractivity contribution is 14.0. The van der Waals surface area contributed by atoms with E-state index in [1.54, 1.807) is 11.3 Å². The minimum atomic E-state index is 0. The molecule has 2 N–H and O–H groups in total. The Morgan fingerprint density at radius 2 is 2.26 bits per heavy atom. The topological polar surface area (TPSA) is 39.7 Å². The number of likely N-dealkylation sites (tertiary alicyclic amines) is 1. The van der Waals surface area contributed by atoms with Gasteiger partial charge in [0.05, 0.1) is 6.54 Å². The quantitative estimate of drug-likeness (QED) is 0.397. The van der Waals surface area contributed by atoms with Crippen LogP contribution in [0.1, 0.15) is 31.6 Å². The number of hydrogen-bond acceptors (Lipinski definition) is 3. The monoisotopic (exact) mass is 450 g/mol. The molecule has 1 aromatic rings. The molecule has 1 atom stereocenters. The summed E-state index contributed by atoms with van der Waals surface area (Å²) in [7, 11) is 1.84. The van der Waals surface area contributed by atoms with Gasteiger partial charge in [-0.1, -0.05) is 19.9 Å². The lowest BCUT2D eigenvalue weighted by molar-refractivity contribution is 0.159. The van der Waals surface area contributed by atoms with Crippen LogP contribution in [0.25, 0.3) is 0 Å². The SMILES string of the molecule is CN=C(NCc1cccs1)NCC1CCCN(CC(C)C)C1.I. The number of guanidine groups is 1. The molecule has 0 aromatic carbocycles. The average molecular weight is 450 g/mol. The normalized spacial score (nSPS) is 19.5. The number of nitrogens with zero attached hydrogens (tertiary/aromatic N) is 2. The highest BCUT2D eigenvalue weighted by atomic mass is 127. The maximum atomic E-state index is 4.32. The van der Waals surface area contributed by atoms with Gasteiger partial charge in [-0.05, 0) is 42.7 Å². The zero-order valence-electron chi connectivity index (χ0n) is 14.5. The van der Waals surface area contributed by atoms with Crippen LogP contribution in [0.2, 0.25) is 0 Å². The van der Waals surface area contributed by atoms with Crippen LogP contribution in [0.15, 0.2) is 22.5 Å². The van der Waals surface area contributed by atoms with Crippen molar-refractivity contribution in [1.82, 2.24) is 15.5 Å². The van der Waals surface area contributed by atoms with Gasteiger partial charge in [-0.15, -0.1) is 35.3 Å². The van der Waals surface area contributed by atoms with Crippen molar-refractivity contribution < 1.29 is 0 Å². The van der Waals surface area contributed by atoms with Crippen LogP contribution in [0, 0.1) is 11.8 Å². The second-order valence-electron chi connectivity index (χ2n) is 6.55. The van der Waals surface area contributed by atoms with Gasteiger partial charge < -0.3 is 15.5 Å². The average Bonchev–Trinajstić information content (AvgIpc) is 3.00. The Hall–Kier alpha value is -0.340. The molecule has 2 rings (SSSR count). The van der Waals surface area contributed by atoms with Crippen molar-refractivity contribution in [2.24, 2.45) is 16.8 Å². The molecule has 0 bridgehead atoms. The molecule has 4 nitrogen and oxygen atoms in total. The first-order chi connectivity index (χ1) is 10.7. The molecular weight excluding hydrogens is 419 g/mol. The maximum absolute atomic E-state index is 4.32. The van der Waals surface area contributed by atoms with Gasteiger partial charge in [0.1, 0.15) is 0 Å². The molecule has 1 fully saturated rings. The van der Waals surface area contributed by atoms with Crippen LogP contribution >= 0.6 is 35.3 Å². The molecule has 1 unspecified atom stereocenters. The Balaban J connectivity index is 0.00000264. The molecule has 0 aliphatic carbocycles. The Bertz CT molecular complexity index is 447. The molecule has 0 spiro atoms. The number of thiophene rings is 1. The Labute approximate surface area is 162 Å². The van der Waals surface area contributed by atoms with Crippen molar-refractivity contribution in [3.8, 4) is 0 Å². The van der Waals surface area contributed by atoms with E-state index in [-0.39, 0.29) is 24.0 Å². The highest BCUT2D eigenvalue weighted by Crippen LogP contribution is 2.16. The van der Waals surface area contributed by atoms with Crippen molar-refractivity contribution in [3.05, 3.63) is 22.4 Å². The fourth-order valence-electron chi connectivity index (χ4n) is 3.05. The molecule has 0 amide bonds. The molecule has 2 heterocycles. The van der Waals surface area contributed by atoms with Crippen LogP contribution in [0.5, 0.6) is 0 Å². The number of halogens is 1. The summed E-state index contributed by atoms with van der Waals surface area (Å²) in [6.45, 7) is 10.2. The second kappa shape index (κ2) is 11.3. The molecule has 1 aliphatic heterocycles. The van der Waals surface area contributed by atoms with Crippen LogP contribution in [0.4, 0.5) is 0 Å².